The van der Waals surface area contributed by atoms with Crippen molar-refractivity contribution in [3.8, 4) is 6.07 Å². The second-order valence-corrected chi connectivity index (χ2v) is 5.32. The Balaban J connectivity index is 1.95. The second-order valence-electron chi connectivity index (χ2n) is 5.32. The van der Waals surface area contributed by atoms with Gasteiger partial charge in [-0.2, -0.15) is 5.26 Å². The van der Waals surface area contributed by atoms with Gasteiger partial charge in [-0.05, 0) is 37.1 Å². The predicted octanol–water partition coefficient (Wildman–Crippen LogP) is 2.29. The van der Waals surface area contributed by atoms with Gasteiger partial charge in [0.1, 0.15) is 6.54 Å². The van der Waals surface area contributed by atoms with E-state index in [-0.39, 0.29) is 24.4 Å². The number of nitrogens with zero attached hydrogens (tertiary/aromatic N) is 2. The van der Waals surface area contributed by atoms with Crippen molar-refractivity contribution in [2.24, 2.45) is 0 Å². The van der Waals surface area contributed by atoms with Crippen LogP contribution in [0.1, 0.15) is 38.2 Å². The van der Waals surface area contributed by atoms with Gasteiger partial charge in [-0.1, -0.05) is 12.8 Å². The van der Waals surface area contributed by atoms with Crippen LogP contribution in [0.3, 0.4) is 0 Å². The van der Waals surface area contributed by atoms with Crippen LogP contribution in [0.15, 0.2) is 24.3 Å². The molecule has 0 bridgehead atoms. The smallest absolute Gasteiger partial charge is 0.244 e. The Bertz CT molecular complexity index is 554. The molecule has 0 heterocycles. The van der Waals surface area contributed by atoms with Crippen LogP contribution in [0.5, 0.6) is 0 Å². The molecule has 1 fully saturated rings. The Morgan fingerprint density at radius 2 is 1.90 bits per heavy atom. The van der Waals surface area contributed by atoms with Crippen molar-refractivity contribution in [1.29, 1.82) is 5.26 Å². The highest BCUT2D eigenvalue weighted by Gasteiger charge is 2.26. The van der Waals surface area contributed by atoms with E-state index in [0.717, 1.165) is 25.7 Å². The summed E-state index contributed by atoms with van der Waals surface area (Å²) in [7, 11) is 0. The first-order chi connectivity index (χ1) is 10.1. The van der Waals surface area contributed by atoms with E-state index >= 15 is 0 Å². The molecule has 1 aliphatic rings. The maximum Gasteiger partial charge on any atom is 0.244 e. The standard InChI is InChI=1S/C16H19N3O2/c1-12(20)19(15-4-2-3-5-15)11-16(21)18-14-8-6-13(10-17)7-9-14/h6-9,15H,2-5,11H2,1H3,(H,18,21). The van der Waals surface area contributed by atoms with Gasteiger partial charge in [0.25, 0.3) is 0 Å². The van der Waals surface area contributed by atoms with E-state index in [4.69, 9.17) is 5.26 Å². The quantitative estimate of drug-likeness (QED) is 0.922. The van der Waals surface area contributed by atoms with Gasteiger partial charge < -0.3 is 10.2 Å². The number of nitrogens with one attached hydrogen (secondary N) is 1. The highest BCUT2D eigenvalue weighted by Crippen LogP contribution is 2.23. The lowest BCUT2D eigenvalue weighted by Gasteiger charge is -2.27. The molecular weight excluding hydrogens is 266 g/mol. The fourth-order valence-corrected chi connectivity index (χ4v) is 2.70. The lowest BCUT2D eigenvalue weighted by atomic mass is 10.2. The summed E-state index contributed by atoms with van der Waals surface area (Å²) in [6.07, 6.45) is 4.19. The number of amides is 2. The SMILES string of the molecule is CC(=O)N(CC(=O)Nc1ccc(C#N)cc1)C1CCCC1. The third-order valence-corrected chi connectivity index (χ3v) is 3.78. The minimum atomic E-state index is -0.207. The minimum Gasteiger partial charge on any atom is -0.331 e. The fourth-order valence-electron chi connectivity index (χ4n) is 2.70. The van der Waals surface area contributed by atoms with E-state index in [0.29, 0.717) is 11.3 Å². The molecule has 0 aromatic heterocycles. The third kappa shape index (κ3) is 4.06. The van der Waals surface area contributed by atoms with Crippen molar-refractivity contribution in [3.63, 3.8) is 0 Å². The van der Waals surface area contributed by atoms with Crippen LogP contribution in [0.25, 0.3) is 0 Å². The van der Waals surface area contributed by atoms with E-state index in [2.05, 4.69) is 5.32 Å². The van der Waals surface area contributed by atoms with E-state index in [1.807, 2.05) is 6.07 Å². The molecule has 0 atom stereocenters. The van der Waals surface area contributed by atoms with Gasteiger partial charge in [0.15, 0.2) is 0 Å². The molecule has 1 aromatic rings. The molecule has 1 aromatic carbocycles. The zero-order valence-corrected chi connectivity index (χ0v) is 12.1. The Labute approximate surface area is 124 Å². The topological polar surface area (TPSA) is 73.2 Å². The summed E-state index contributed by atoms with van der Waals surface area (Å²) in [5.41, 5.74) is 1.18. The Kier molecular flexibility index (Phi) is 4.94. The molecule has 1 aliphatic carbocycles. The molecular formula is C16H19N3O2. The third-order valence-electron chi connectivity index (χ3n) is 3.78. The van der Waals surface area contributed by atoms with Gasteiger partial charge in [0.2, 0.25) is 11.8 Å². The molecule has 110 valence electrons. The first-order valence-electron chi connectivity index (χ1n) is 7.17. The molecule has 21 heavy (non-hydrogen) atoms. The highest BCUT2D eigenvalue weighted by molar-refractivity contribution is 5.94. The summed E-state index contributed by atoms with van der Waals surface area (Å²) in [4.78, 5) is 25.4. The Morgan fingerprint density at radius 3 is 2.43 bits per heavy atom. The predicted molar refractivity (Wildman–Crippen MR) is 79.4 cm³/mol. The van der Waals surface area contributed by atoms with Crippen LogP contribution in [0, 0.1) is 11.3 Å². The number of hydrogen-bond acceptors (Lipinski definition) is 3. The van der Waals surface area contributed by atoms with E-state index in [1.54, 1.807) is 29.2 Å². The molecule has 0 aliphatic heterocycles. The molecule has 2 rings (SSSR count). The van der Waals surface area contributed by atoms with Crippen LogP contribution < -0.4 is 5.32 Å². The van der Waals surface area contributed by atoms with Crippen molar-refractivity contribution in [2.45, 2.75) is 38.6 Å². The first-order valence-corrected chi connectivity index (χ1v) is 7.17. The number of hydrogen-bond donors (Lipinski definition) is 1. The van der Waals surface area contributed by atoms with Gasteiger partial charge in [-0.3, -0.25) is 9.59 Å². The van der Waals surface area contributed by atoms with Gasteiger partial charge in [-0.15, -0.1) is 0 Å². The van der Waals surface area contributed by atoms with Gasteiger partial charge >= 0.3 is 0 Å². The summed E-state index contributed by atoms with van der Waals surface area (Å²) in [5, 5.41) is 11.5. The zero-order chi connectivity index (χ0) is 15.2. The van der Waals surface area contributed by atoms with E-state index in [9.17, 15) is 9.59 Å². The summed E-state index contributed by atoms with van der Waals surface area (Å²) >= 11 is 0. The average Bonchev–Trinajstić information content (AvgIpc) is 2.99. The largest absolute Gasteiger partial charge is 0.331 e. The number of rotatable bonds is 4. The van der Waals surface area contributed by atoms with Gasteiger partial charge in [-0.25, -0.2) is 0 Å². The number of anilines is 1. The van der Waals surface area contributed by atoms with Crippen molar-refractivity contribution in [3.05, 3.63) is 29.8 Å². The van der Waals surface area contributed by atoms with Crippen molar-refractivity contribution >= 4 is 17.5 Å². The summed E-state index contributed by atoms with van der Waals surface area (Å²) in [5.74, 6) is -0.265. The van der Waals surface area contributed by atoms with Crippen LogP contribution in [-0.4, -0.2) is 29.3 Å². The van der Waals surface area contributed by atoms with Crippen LogP contribution >= 0.6 is 0 Å². The van der Waals surface area contributed by atoms with E-state index < -0.39 is 0 Å². The molecule has 5 nitrogen and oxygen atoms in total. The summed E-state index contributed by atoms with van der Waals surface area (Å²) < 4.78 is 0. The Hall–Kier alpha value is -2.35. The number of nitriles is 1. The second kappa shape index (κ2) is 6.89. The van der Waals surface area contributed by atoms with Crippen LogP contribution in [0.2, 0.25) is 0 Å². The highest BCUT2D eigenvalue weighted by atomic mass is 16.2. The Morgan fingerprint density at radius 1 is 1.29 bits per heavy atom. The lowest BCUT2D eigenvalue weighted by molar-refractivity contribution is -0.135. The molecule has 2 amide bonds. The molecule has 0 spiro atoms. The van der Waals surface area contributed by atoms with Crippen molar-refractivity contribution in [2.75, 3.05) is 11.9 Å². The number of benzene rings is 1. The summed E-state index contributed by atoms with van der Waals surface area (Å²) in [6.45, 7) is 1.59. The minimum absolute atomic E-state index is 0.0584. The van der Waals surface area contributed by atoms with Crippen molar-refractivity contribution < 1.29 is 9.59 Å². The molecule has 0 radical (unpaired) electrons. The van der Waals surface area contributed by atoms with E-state index in [1.165, 1.54) is 6.92 Å². The number of carbonyl (C=O) groups is 2. The molecule has 0 unspecified atom stereocenters. The average molecular weight is 285 g/mol. The normalized spacial score (nSPS) is 14.5. The van der Waals surface area contributed by atoms with Crippen LogP contribution in [0.4, 0.5) is 5.69 Å². The molecule has 1 saturated carbocycles. The van der Waals surface area contributed by atoms with Gasteiger partial charge in [0, 0.05) is 18.7 Å². The zero-order valence-electron chi connectivity index (χ0n) is 12.1. The van der Waals surface area contributed by atoms with Crippen molar-refractivity contribution in [1.82, 2.24) is 4.90 Å². The first kappa shape index (κ1) is 15.0. The molecule has 0 saturated heterocycles. The maximum atomic E-state index is 12.1. The van der Waals surface area contributed by atoms with Crippen LogP contribution in [-0.2, 0) is 9.59 Å². The van der Waals surface area contributed by atoms with Gasteiger partial charge in [0.05, 0.1) is 11.6 Å². The monoisotopic (exact) mass is 285 g/mol. The lowest BCUT2D eigenvalue weighted by Crippen LogP contribution is -2.42. The molecule has 5 heteroatoms. The molecule has 1 N–H and O–H groups in total. The summed E-state index contributed by atoms with van der Waals surface area (Å²) in [6, 6.07) is 8.88. The fraction of sp³-hybridized carbons (Fsp3) is 0.438. The maximum absolute atomic E-state index is 12.1. The number of carbonyl (C=O) groups excluding carboxylic acids is 2.